The summed E-state index contributed by atoms with van der Waals surface area (Å²) in [6, 6.07) is 7.28. The molecular weight excluding hydrogens is 244 g/mol. The van der Waals surface area contributed by atoms with Gasteiger partial charge in [-0.1, -0.05) is 18.6 Å². The molecule has 1 fully saturated rings. The summed E-state index contributed by atoms with van der Waals surface area (Å²) in [5, 5.41) is 9.36. The summed E-state index contributed by atoms with van der Waals surface area (Å²) in [6.45, 7) is 1.73. The fourth-order valence-corrected chi connectivity index (χ4v) is 2.67. The maximum absolute atomic E-state index is 12.6. The molecule has 0 aliphatic heterocycles. The van der Waals surface area contributed by atoms with Gasteiger partial charge < -0.3 is 5.11 Å². The number of benzene rings is 1. The molecule has 0 spiro atoms. The van der Waals surface area contributed by atoms with Crippen LogP contribution >= 0.6 is 0 Å². The van der Waals surface area contributed by atoms with E-state index in [2.05, 4.69) is 4.98 Å². The predicted octanol–water partition coefficient (Wildman–Crippen LogP) is 2.24. The Balaban J connectivity index is 2.17. The van der Waals surface area contributed by atoms with Crippen LogP contribution in [-0.4, -0.2) is 26.5 Å². The molecule has 0 amide bonds. The number of hydrogen-bond acceptors (Lipinski definition) is 3. The van der Waals surface area contributed by atoms with E-state index in [1.54, 1.807) is 13.0 Å². The third kappa shape index (κ3) is 1.51. The van der Waals surface area contributed by atoms with Crippen molar-refractivity contribution in [3.63, 3.8) is 0 Å². The first-order chi connectivity index (χ1) is 9.06. The molecule has 5 nitrogen and oxygen atoms in total. The normalized spacial score (nSPS) is 17.1. The monoisotopic (exact) mass is 258 g/mol. The van der Waals surface area contributed by atoms with E-state index in [4.69, 9.17) is 0 Å². The summed E-state index contributed by atoms with van der Waals surface area (Å²) < 4.78 is 1.45. The third-order valence-corrected chi connectivity index (χ3v) is 3.96. The number of carbonyl (C=O) groups excluding carboxylic acids is 1. The first-order valence-electron chi connectivity index (χ1n) is 6.28. The highest BCUT2D eigenvalue weighted by atomic mass is 16.4. The van der Waals surface area contributed by atoms with Gasteiger partial charge >= 0.3 is 5.97 Å². The number of hydrogen-bond donors (Lipinski definition) is 1. The number of nitrogens with zero attached hydrogens (tertiary/aromatic N) is 2. The molecule has 1 saturated carbocycles. The summed E-state index contributed by atoms with van der Waals surface area (Å²) >= 11 is 0. The highest BCUT2D eigenvalue weighted by Crippen LogP contribution is 2.43. The first-order valence-corrected chi connectivity index (χ1v) is 6.28. The van der Waals surface area contributed by atoms with Gasteiger partial charge in [-0.3, -0.25) is 14.2 Å². The maximum atomic E-state index is 12.6. The van der Waals surface area contributed by atoms with Crippen LogP contribution in [0.4, 0.5) is 0 Å². The molecule has 0 radical (unpaired) electrons. The van der Waals surface area contributed by atoms with Crippen molar-refractivity contribution >= 4 is 22.9 Å². The maximum Gasteiger partial charge on any atom is 0.319 e. The van der Waals surface area contributed by atoms with Crippen LogP contribution in [0.5, 0.6) is 0 Å². The van der Waals surface area contributed by atoms with E-state index in [0.717, 1.165) is 6.42 Å². The highest BCUT2D eigenvalue weighted by molar-refractivity contribution is 6.07. The van der Waals surface area contributed by atoms with E-state index >= 15 is 0 Å². The Bertz CT molecular complexity index is 683. The van der Waals surface area contributed by atoms with E-state index < -0.39 is 11.4 Å². The number of aryl methyl sites for hydroxylation is 1. The average Bonchev–Trinajstić information content (AvgIpc) is 2.62. The molecule has 3 rings (SSSR count). The summed E-state index contributed by atoms with van der Waals surface area (Å²) in [6.07, 6.45) is 1.60. The van der Waals surface area contributed by atoms with Crippen LogP contribution in [0.25, 0.3) is 11.0 Å². The molecule has 5 heteroatoms. The largest absolute Gasteiger partial charge is 0.480 e. The molecule has 19 heavy (non-hydrogen) atoms. The van der Waals surface area contributed by atoms with Gasteiger partial charge in [0, 0.05) is 0 Å². The molecule has 1 aromatic heterocycles. The number of fused-ring (bicyclic) bond motifs is 1. The molecule has 0 atom stereocenters. The third-order valence-electron chi connectivity index (χ3n) is 3.96. The van der Waals surface area contributed by atoms with Crippen molar-refractivity contribution < 1.29 is 14.7 Å². The Morgan fingerprint density at radius 3 is 2.58 bits per heavy atom. The second-order valence-corrected chi connectivity index (χ2v) is 5.03. The van der Waals surface area contributed by atoms with E-state index in [-0.39, 0.29) is 5.91 Å². The summed E-state index contributed by atoms with van der Waals surface area (Å²) in [4.78, 5) is 28.4. The molecule has 0 unspecified atom stereocenters. The van der Waals surface area contributed by atoms with Crippen LogP contribution in [0.15, 0.2) is 24.3 Å². The molecule has 1 N–H and O–H groups in total. The minimum atomic E-state index is -1.26. The van der Waals surface area contributed by atoms with Crippen molar-refractivity contribution in [1.29, 1.82) is 0 Å². The van der Waals surface area contributed by atoms with Gasteiger partial charge in [0.25, 0.3) is 0 Å². The number of rotatable bonds is 2. The van der Waals surface area contributed by atoms with Crippen LogP contribution in [0.3, 0.4) is 0 Å². The van der Waals surface area contributed by atoms with Gasteiger partial charge in [0.1, 0.15) is 11.2 Å². The standard InChI is InChI=1S/C14H14N2O3/c1-9-15-10-5-2-3-6-11(10)16(9)12(17)14(13(18)19)7-4-8-14/h2-3,5-6H,4,7-8H2,1H3,(H,18,19). The molecular formula is C14H14N2O3. The van der Waals surface area contributed by atoms with Crippen molar-refractivity contribution in [3.05, 3.63) is 30.1 Å². The number of carbonyl (C=O) groups is 2. The number of aliphatic carboxylic acids is 1. The SMILES string of the molecule is Cc1nc2ccccc2n1C(=O)C1(C(=O)O)CCC1. The van der Waals surface area contributed by atoms with Crippen LogP contribution in [0, 0.1) is 12.3 Å². The lowest BCUT2D eigenvalue weighted by Gasteiger charge is -2.36. The lowest BCUT2D eigenvalue weighted by molar-refractivity contribution is -0.150. The lowest BCUT2D eigenvalue weighted by atomic mass is 9.68. The van der Waals surface area contributed by atoms with Crippen LogP contribution in [0.1, 0.15) is 29.9 Å². The van der Waals surface area contributed by atoms with Gasteiger partial charge in [0.15, 0.2) is 0 Å². The van der Waals surface area contributed by atoms with Gasteiger partial charge in [-0.05, 0) is 31.9 Å². The van der Waals surface area contributed by atoms with Gasteiger partial charge in [-0.2, -0.15) is 0 Å². The van der Waals surface area contributed by atoms with Gasteiger partial charge in [0.2, 0.25) is 5.91 Å². The topological polar surface area (TPSA) is 72.2 Å². The molecule has 0 saturated heterocycles. The van der Waals surface area contributed by atoms with Gasteiger partial charge in [0.05, 0.1) is 11.0 Å². The van der Waals surface area contributed by atoms with Crippen molar-refractivity contribution in [2.45, 2.75) is 26.2 Å². The Labute approximate surface area is 109 Å². The zero-order valence-electron chi connectivity index (χ0n) is 10.6. The van der Waals surface area contributed by atoms with Crippen LogP contribution in [-0.2, 0) is 4.79 Å². The van der Waals surface area contributed by atoms with Crippen molar-refractivity contribution in [2.24, 2.45) is 5.41 Å². The van der Waals surface area contributed by atoms with E-state index in [1.807, 2.05) is 18.2 Å². The van der Waals surface area contributed by atoms with Crippen LogP contribution in [0.2, 0.25) is 0 Å². The fraction of sp³-hybridized carbons (Fsp3) is 0.357. The average molecular weight is 258 g/mol. The number of aromatic nitrogens is 2. The number of imidazole rings is 1. The summed E-state index contributed by atoms with van der Waals surface area (Å²) in [7, 11) is 0. The zero-order chi connectivity index (χ0) is 13.6. The Morgan fingerprint density at radius 1 is 1.32 bits per heavy atom. The molecule has 1 aliphatic carbocycles. The minimum absolute atomic E-state index is 0.363. The molecule has 1 heterocycles. The summed E-state index contributed by atoms with van der Waals surface area (Å²) in [5.74, 6) is -0.850. The highest BCUT2D eigenvalue weighted by Gasteiger charge is 2.52. The first kappa shape index (κ1) is 11.9. The lowest BCUT2D eigenvalue weighted by Crippen LogP contribution is -2.47. The minimum Gasteiger partial charge on any atom is -0.480 e. The van der Waals surface area contributed by atoms with Crippen molar-refractivity contribution in [3.8, 4) is 0 Å². The molecule has 2 aromatic rings. The molecule has 98 valence electrons. The fourth-order valence-electron chi connectivity index (χ4n) is 2.67. The Kier molecular flexibility index (Phi) is 2.45. The molecule has 1 aromatic carbocycles. The van der Waals surface area contributed by atoms with E-state index in [0.29, 0.717) is 29.7 Å². The van der Waals surface area contributed by atoms with Crippen LogP contribution < -0.4 is 0 Å². The quantitative estimate of drug-likeness (QED) is 0.838. The van der Waals surface area contributed by atoms with Gasteiger partial charge in [-0.15, -0.1) is 0 Å². The van der Waals surface area contributed by atoms with Gasteiger partial charge in [-0.25, -0.2) is 4.98 Å². The second-order valence-electron chi connectivity index (χ2n) is 5.03. The second kappa shape index (κ2) is 3.91. The zero-order valence-corrected chi connectivity index (χ0v) is 10.6. The smallest absolute Gasteiger partial charge is 0.319 e. The number of carboxylic acid groups (broad SMARTS) is 1. The van der Waals surface area contributed by atoms with Crippen molar-refractivity contribution in [1.82, 2.24) is 9.55 Å². The Hall–Kier alpha value is -2.17. The van der Waals surface area contributed by atoms with Crippen molar-refractivity contribution in [2.75, 3.05) is 0 Å². The molecule has 1 aliphatic rings. The number of carboxylic acids is 1. The van der Waals surface area contributed by atoms with E-state index in [9.17, 15) is 14.7 Å². The summed E-state index contributed by atoms with van der Waals surface area (Å²) in [5.41, 5.74) is 0.138. The molecule has 0 bridgehead atoms. The Morgan fingerprint density at radius 2 is 2.00 bits per heavy atom. The number of para-hydroxylation sites is 2. The predicted molar refractivity (Wildman–Crippen MR) is 69.0 cm³/mol. The van der Waals surface area contributed by atoms with E-state index in [1.165, 1.54) is 4.57 Å².